The van der Waals surface area contributed by atoms with Gasteiger partial charge in [0, 0.05) is 18.1 Å². The van der Waals surface area contributed by atoms with Crippen LogP contribution in [0.1, 0.15) is 46.5 Å². The van der Waals surface area contributed by atoms with Crippen molar-refractivity contribution in [2.45, 2.75) is 64.6 Å². The van der Waals surface area contributed by atoms with Gasteiger partial charge in [-0.05, 0) is 39.3 Å². The first-order valence-electron chi connectivity index (χ1n) is 6.74. The van der Waals surface area contributed by atoms with Crippen molar-refractivity contribution in [3.63, 3.8) is 0 Å². The fourth-order valence-electron chi connectivity index (χ4n) is 2.51. The molecule has 2 unspecified atom stereocenters. The largest absolute Gasteiger partial charge is 0.395 e. The van der Waals surface area contributed by atoms with Crippen LogP contribution in [0.25, 0.3) is 0 Å². The number of likely N-dealkylation sites (tertiary alicyclic amines) is 1. The first kappa shape index (κ1) is 13.9. The van der Waals surface area contributed by atoms with Crippen molar-refractivity contribution in [2.24, 2.45) is 0 Å². The average molecular weight is 228 g/mol. The highest BCUT2D eigenvalue weighted by Crippen LogP contribution is 2.16. The molecule has 16 heavy (non-hydrogen) atoms. The number of piperidine rings is 1. The second-order valence-corrected chi connectivity index (χ2v) is 5.37. The van der Waals surface area contributed by atoms with Crippen LogP contribution in [0.3, 0.4) is 0 Å². The van der Waals surface area contributed by atoms with E-state index in [1.54, 1.807) is 0 Å². The Morgan fingerprint density at radius 3 is 2.69 bits per heavy atom. The van der Waals surface area contributed by atoms with E-state index in [1.807, 2.05) is 0 Å². The summed E-state index contributed by atoms with van der Waals surface area (Å²) in [6.45, 7) is 9.19. The predicted octanol–water partition coefficient (Wildman–Crippen LogP) is 1.61. The molecular weight excluding hydrogens is 200 g/mol. The van der Waals surface area contributed by atoms with Crippen molar-refractivity contribution in [2.75, 3.05) is 19.7 Å². The van der Waals surface area contributed by atoms with E-state index in [1.165, 1.54) is 25.8 Å². The van der Waals surface area contributed by atoms with Crippen molar-refractivity contribution >= 4 is 0 Å². The molecule has 0 aromatic heterocycles. The molecule has 0 aromatic carbocycles. The van der Waals surface area contributed by atoms with E-state index in [0.29, 0.717) is 6.04 Å². The van der Waals surface area contributed by atoms with Crippen LogP contribution in [0.2, 0.25) is 0 Å². The first-order chi connectivity index (χ1) is 7.63. The summed E-state index contributed by atoms with van der Waals surface area (Å²) in [5.41, 5.74) is 0. The lowest BCUT2D eigenvalue weighted by Gasteiger charge is -2.34. The number of aliphatic hydroxyl groups excluding tert-OH is 1. The average Bonchev–Trinajstić information content (AvgIpc) is 2.25. The minimum Gasteiger partial charge on any atom is -0.395 e. The van der Waals surface area contributed by atoms with Crippen molar-refractivity contribution in [3.8, 4) is 0 Å². The van der Waals surface area contributed by atoms with Crippen molar-refractivity contribution in [3.05, 3.63) is 0 Å². The number of hydrogen-bond donors (Lipinski definition) is 2. The Morgan fingerprint density at radius 2 is 2.12 bits per heavy atom. The normalized spacial score (nSPS) is 24.9. The second kappa shape index (κ2) is 7.25. The van der Waals surface area contributed by atoms with Gasteiger partial charge in [0.05, 0.1) is 6.61 Å². The Bertz CT molecular complexity index is 185. The van der Waals surface area contributed by atoms with E-state index >= 15 is 0 Å². The van der Waals surface area contributed by atoms with Gasteiger partial charge in [-0.1, -0.05) is 20.3 Å². The number of rotatable bonds is 6. The number of nitrogens with zero attached hydrogens (tertiary/aromatic N) is 1. The fraction of sp³-hybridized carbons (Fsp3) is 1.00. The fourth-order valence-corrected chi connectivity index (χ4v) is 2.51. The molecule has 1 aliphatic rings. The summed E-state index contributed by atoms with van der Waals surface area (Å²) in [6.07, 6.45) is 5.11. The Hall–Kier alpha value is -0.120. The molecule has 0 radical (unpaired) electrons. The summed E-state index contributed by atoms with van der Waals surface area (Å²) in [5.74, 6) is 0. The first-order valence-corrected chi connectivity index (χ1v) is 6.74. The van der Waals surface area contributed by atoms with Crippen molar-refractivity contribution < 1.29 is 5.11 Å². The zero-order valence-corrected chi connectivity index (χ0v) is 11.1. The molecule has 3 nitrogen and oxygen atoms in total. The molecule has 1 rings (SSSR count). The summed E-state index contributed by atoms with van der Waals surface area (Å²) in [4.78, 5) is 2.56. The van der Waals surface area contributed by atoms with E-state index in [9.17, 15) is 5.11 Å². The van der Waals surface area contributed by atoms with Gasteiger partial charge in [-0.15, -0.1) is 0 Å². The number of nitrogens with one attached hydrogen (secondary N) is 1. The minimum atomic E-state index is 0.250. The van der Waals surface area contributed by atoms with Crippen LogP contribution in [-0.4, -0.2) is 47.8 Å². The SMILES string of the molecule is CC(C)NC(CO)CCN1CCCCC1C. The molecule has 2 N–H and O–H groups in total. The van der Waals surface area contributed by atoms with E-state index in [0.717, 1.165) is 19.0 Å². The quantitative estimate of drug-likeness (QED) is 0.725. The summed E-state index contributed by atoms with van der Waals surface area (Å²) in [6, 6.07) is 1.44. The highest BCUT2D eigenvalue weighted by Gasteiger charge is 2.19. The van der Waals surface area contributed by atoms with Crippen LogP contribution in [0.4, 0.5) is 0 Å². The van der Waals surface area contributed by atoms with Gasteiger partial charge in [0.25, 0.3) is 0 Å². The topological polar surface area (TPSA) is 35.5 Å². The molecule has 2 atom stereocenters. The third kappa shape index (κ3) is 4.81. The third-order valence-corrected chi connectivity index (χ3v) is 3.49. The number of aliphatic hydroxyl groups is 1. The van der Waals surface area contributed by atoms with Crippen LogP contribution in [0.5, 0.6) is 0 Å². The molecule has 1 heterocycles. The molecule has 96 valence electrons. The van der Waals surface area contributed by atoms with E-state index in [2.05, 4.69) is 31.0 Å². The van der Waals surface area contributed by atoms with Crippen molar-refractivity contribution in [1.29, 1.82) is 0 Å². The predicted molar refractivity (Wildman–Crippen MR) is 68.6 cm³/mol. The van der Waals surface area contributed by atoms with E-state index in [4.69, 9.17) is 0 Å². The molecule has 0 bridgehead atoms. The lowest BCUT2D eigenvalue weighted by molar-refractivity contribution is 0.141. The molecule has 0 amide bonds. The molecule has 1 aliphatic heterocycles. The molecule has 0 aliphatic carbocycles. The Morgan fingerprint density at radius 1 is 1.38 bits per heavy atom. The van der Waals surface area contributed by atoms with Crippen LogP contribution in [0.15, 0.2) is 0 Å². The standard InChI is InChI=1S/C13H28N2O/c1-11(2)14-13(10-16)7-9-15-8-5-4-6-12(15)3/h11-14,16H,4-10H2,1-3H3. The van der Waals surface area contributed by atoms with Gasteiger partial charge in [-0.2, -0.15) is 0 Å². The Balaban J connectivity index is 2.25. The van der Waals surface area contributed by atoms with Crippen LogP contribution < -0.4 is 5.32 Å². The highest BCUT2D eigenvalue weighted by molar-refractivity contribution is 4.76. The van der Waals surface area contributed by atoms with Gasteiger partial charge in [-0.3, -0.25) is 0 Å². The Kier molecular flexibility index (Phi) is 6.32. The third-order valence-electron chi connectivity index (χ3n) is 3.49. The van der Waals surface area contributed by atoms with Gasteiger partial charge in [0.2, 0.25) is 0 Å². The maximum absolute atomic E-state index is 9.29. The molecular formula is C13H28N2O. The summed E-state index contributed by atoms with van der Waals surface area (Å²) < 4.78 is 0. The van der Waals surface area contributed by atoms with Crippen LogP contribution in [-0.2, 0) is 0 Å². The molecule has 0 spiro atoms. The second-order valence-electron chi connectivity index (χ2n) is 5.37. The lowest BCUT2D eigenvalue weighted by atomic mass is 10.0. The lowest BCUT2D eigenvalue weighted by Crippen LogP contribution is -2.43. The summed E-state index contributed by atoms with van der Waals surface area (Å²) in [7, 11) is 0. The molecule has 3 heteroatoms. The van der Waals surface area contributed by atoms with Gasteiger partial charge in [0.1, 0.15) is 0 Å². The van der Waals surface area contributed by atoms with Crippen molar-refractivity contribution in [1.82, 2.24) is 10.2 Å². The van der Waals surface area contributed by atoms with Gasteiger partial charge < -0.3 is 15.3 Å². The minimum absolute atomic E-state index is 0.250. The molecule has 0 saturated carbocycles. The van der Waals surface area contributed by atoms with E-state index in [-0.39, 0.29) is 12.6 Å². The van der Waals surface area contributed by atoms with E-state index < -0.39 is 0 Å². The Labute approximate surface area is 100 Å². The van der Waals surface area contributed by atoms with Crippen LogP contribution in [0, 0.1) is 0 Å². The number of hydrogen-bond acceptors (Lipinski definition) is 3. The highest BCUT2D eigenvalue weighted by atomic mass is 16.3. The molecule has 1 saturated heterocycles. The van der Waals surface area contributed by atoms with Crippen LogP contribution >= 0.6 is 0 Å². The zero-order chi connectivity index (χ0) is 12.0. The molecule has 1 fully saturated rings. The van der Waals surface area contributed by atoms with Gasteiger partial charge >= 0.3 is 0 Å². The smallest absolute Gasteiger partial charge is 0.0585 e. The maximum Gasteiger partial charge on any atom is 0.0585 e. The van der Waals surface area contributed by atoms with Gasteiger partial charge in [-0.25, -0.2) is 0 Å². The monoisotopic (exact) mass is 228 g/mol. The van der Waals surface area contributed by atoms with Gasteiger partial charge in [0.15, 0.2) is 0 Å². The maximum atomic E-state index is 9.29. The zero-order valence-electron chi connectivity index (χ0n) is 11.1. The molecule has 0 aromatic rings. The summed E-state index contributed by atoms with van der Waals surface area (Å²) in [5, 5.41) is 12.7. The summed E-state index contributed by atoms with van der Waals surface area (Å²) >= 11 is 0.